The van der Waals surface area contributed by atoms with Gasteiger partial charge in [0.1, 0.15) is 23.9 Å². The van der Waals surface area contributed by atoms with Crippen molar-refractivity contribution in [2.75, 3.05) is 0 Å². The number of carbonyl (C=O) groups excluding carboxylic acids is 1. The summed E-state index contributed by atoms with van der Waals surface area (Å²) in [4.78, 5) is 12.1. The van der Waals surface area contributed by atoms with Crippen molar-refractivity contribution in [3.05, 3.63) is 70.4 Å². The predicted octanol–water partition coefficient (Wildman–Crippen LogP) is 5.11. The maximum atomic E-state index is 13.0. The predicted molar refractivity (Wildman–Crippen MR) is 119 cm³/mol. The molecule has 0 spiro atoms. The molecule has 0 unspecified atom stereocenters. The van der Waals surface area contributed by atoms with E-state index in [1.54, 1.807) is 12.1 Å². The zero-order valence-electron chi connectivity index (χ0n) is 18.9. The maximum Gasteiger partial charge on any atom is 0.435 e. The second-order valence-corrected chi connectivity index (χ2v) is 8.41. The van der Waals surface area contributed by atoms with E-state index >= 15 is 0 Å². The van der Waals surface area contributed by atoms with Gasteiger partial charge in [-0.15, -0.1) is 0 Å². The van der Waals surface area contributed by atoms with Crippen LogP contribution in [0, 0.1) is 13.8 Å². The third kappa shape index (κ3) is 6.27. The number of nitrogens with one attached hydrogen (secondary N) is 1. The second-order valence-electron chi connectivity index (χ2n) is 8.41. The lowest BCUT2D eigenvalue weighted by atomic mass is 10.1. The van der Waals surface area contributed by atoms with Gasteiger partial charge in [-0.25, -0.2) is 5.43 Å². The Morgan fingerprint density at radius 1 is 1.24 bits per heavy atom. The van der Waals surface area contributed by atoms with E-state index in [4.69, 9.17) is 9.15 Å². The van der Waals surface area contributed by atoms with E-state index in [-0.39, 0.29) is 25.5 Å². The summed E-state index contributed by atoms with van der Waals surface area (Å²) in [5.74, 6) is 1.42. The van der Waals surface area contributed by atoms with E-state index < -0.39 is 17.8 Å². The fraction of sp³-hybridized carbons (Fsp3) is 0.375. The average Bonchev–Trinajstić information content (AvgIpc) is 3.33. The normalized spacial score (nSPS) is 14.0. The second kappa shape index (κ2) is 9.74. The number of halogens is 3. The number of hydrazone groups is 1. The zero-order chi connectivity index (χ0) is 24.3. The summed E-state index contributed by atoms with van der Waals surface area (Å²) in [6, 6.07) is 10.5. The number of rotatable bonds is 9. The molecular weight excluding hydrogens is 449 g/mol. The Hall–Kier alpha value is -3.56. The summed E-state index contributed by atoms with van der Waals surface area (Å²) >= 11 is 0. The van der Waals surface area contributed by atoms with Crippen molar-refractivity contribution in [1.29, 1.82) is 0 Å². The minimum absolute atomic E-state index is 0.0456. The Morgan fingerprint density at radius 2 is 1.97 bits per heavy atom. The van der Waals surface area contributed by atoms with E-state index in [1.807, 2.05) is 26.0 Å². The molecule has 1 amide bonds. The van der Waals surface area contributed by atoms with E-state index in [9.17, 15) is 18.0 Å². The highest BCUT2D eigenvalue weighted by Crippen LogP contribution is 2.42. The van der Waals surface area contributed by atoms with Crippen LogP contribution in [-0.4, -0.2) is 21.9 Å². The molecule has 2 heterocycles. The number of amides is 1. The lowest BCUT2D eigenvalue weighted by Crippen LogP contribution is -2.20. The largest absolute Gasteiger partial charge is 0.486 e. The Bertz CT molecular complexity index is 1170. The standard InChI is InChI=1S/C24H25F3N4O3/c1-15-9-16(2)11-20(10-15)33-14-19-6-5-18(34-19)13-28-29-23(32)7-8-31-21(17-3-4-17)12-22(30-31)24(25,26)27/h5-6,9-13,17H,3-4,7-8,14H2,1-2H3,(H,29,32)/b28-13-. The van der Waals surface area contributed by atoms with Crippen molar-refractivity contribution in [2.24, 2.45) is 5.10 Å². The number of aryl methyl sites for hydroxylation is 3. The number of carbonyl (C=O) groups is 1. The fourth-order valence-corrected chi connectivity index (χ4v) is 3.60. The van der Waals surface area contributed by atoms with Crippen molar-refractivity contribution in [3.63, 3.8) is 0 Å². The third-order valence-corrected chi connectivity index (χ3v) is 5.29. The molecule has 1 saturated carbocycles. The van der Waals surface area contributed by atoms with Crippen molar-refractivity contribution >= 4 is 12.1 Å². The first kappa shape index (κ1) is 23.6. The Balaban J connectivity index is 1.25. The number of ether oxygens (including phenoxy) is 1. The molecule has 0 saturated heterocycles. The van der Waals surface area contributed by atoms with Gasteiger partial charge in [-0.1, -0.05) is 6.07 Å². The summed E-state index contributed by atoms with van der Waals surface area (Å²) in [5.41, 5.74) is 4.17. The van der Waals surface area contributed by atoms with Crippen LogP contribution in [0.4, 0.5) is 13.2 Å². The molecule has 1 fully saturated rings. The Morgan fingerprint density at radius 3 is 2.65 bits per heavy atom. The lowest BCUT2D eigenvalue weighted by Gasteiger charge is -2.06. The van der Waals surface area contributed by atoms with Crippen LogP contribution in [0.3, 0.4) is 0 Å². The minimum atomic E-state index is -4.51. The summed E-state index contributed by atoms with van der Waals surface area (Å²) in [6.45, 7) is 4.28. The fourth-order valence-electron chi connectivity index (χ4n) is 3.60. The molecular formula is C24H25F3N4O3. The van der Waals surface area contributed by atoms with Crippen LogP contribution in [0.1, 0.15) is 59.2 Å². The van der Waals surface area contributed by atoms with Gasteiger partial charge in [0.25, 0.3) is 0 Å². The molecule has 0 aliphatic heterocycles. The smallest absolute Gasteiger partial charge is 0.435 e. The van der Waals surface area contributed by atoms with Gasteiger partial charge in [-0.05, 0) is 68.1 Å². The molecule has 1 N–H and O–H groups in total. The van der Waals surface area contributed by atoms with Gasteiger partial charge in [0.2, 0.25) is 5.91 Å². The first-order chi connectivity index (χ1) is 16.2. The molecule has 2 aromatic heterocycles. The molecule has 1 aliphatic rings. The first-order valence-electron chi connectivity index (χ1n) is 10.9. The summed E-state index contributed by atoms with van der Waals surface area (Å²) in [7, 11) is 0. The van der Waals surface area contributed by atoms with Gasteiger partial charge in [0.05, 0.1) is 12.8 Å². The molecule has 1 aliphatic carbocycles. The topological polar surface area (TPSA) is 81.6 Å². The number of alkyl halides is 3. The van der Waals surface area contributed by atoms with E-state index in [1.165, 1.54) is 10.9 Å². The molecule has 34 heavy (non-hydrogen) atoms. The molecule has 0 bridgehead atoms. The average molecular weight is 474 g/mol. The van der Waals surface area contributed by atoms with Crippen LogP contribution >= 0.6 is 0 Å². The van der Waals surface area contributed by atoms with Gasteiger partial charge >= 0.3 is 6.18 Å². The van der Waals surface area contributed by atoms with Gasteiger partial charge in [-0.3, -0.25) is 9.48 Å². The van der Waals surface area contributed by atoms with Crippen LogP contribution in [0.2, 0.25) is 0 Å². The molecule has 4 rings (SSSR count). The lowest BCUT2D eigenvalue weighted by molar-refractivity contribution is -0.141. The monoisotopic (exact) mass is 474 g/mol. The highest BCUT2D eigenvalue weighted by atomic mass is 19.4. The number of aromatic nitrogens is 2. The zero-order valence-corrected chi connectivity index (χ0v) is 18.9. The molecule has 1 aromatic carbocycles. The Kier molecular flexibility index (Phi) is 6.76. The SMILES string of the molecule is Cc1cc(C)cc(OCc2ccc(/C=N\NC(=O)CCn3nc(C(F)(F)F)cc3C3CC3)o2)c1. The van der Waals surface area contributed by atoms with Gasteiger partial charge in [0, 0.05) is 18.0 Å². The van der Waals surface area contributed by atoms with E-state index in [0.29, 0.717) is 17.2 Å². The van der Waals surface area contributed by atoms with Gasteiger partial charge < -0.3 is 9.15 Å². The summed E-state index contributed by atoms with van der Waals surface area (Å²) in [6.07, 6.45) is -1.54. The van der Waals surface area contributed by atoms with Crippen molar-refractivity contribution in [1.82, 2.24) is 15.2 Å². The number of furan rings is 1. The Labute approximate surface area is 194 Å². The molecule has 180 valence electrons. The van der Waals surface area contributed by atoms with Crippen LogP contribution in [0.15, 0.2) is 45.9 Å². The van der Waals surface area contributed by atoms with Crippen LogP contribution in [-0.2, 0) is 24.1 Å². The summed E-state index contributed by atoms with van der Waals surface area (Å²) < 4.78 is 51.5. The highest BCUT2D eigenvalue weighted by Gasteiger charge is 2.37. The van der Waals surface area contributed by atoms with Crippen molar-refractivity contribution in [2.45, 2.75) is 58.4 Å². The van der Waals surface area contributed by atoms with E-state index in [0.717, 1.165) is 35.8 Å². The van der Waals surface area contributed by atoms with Crippen molar-refractivity contribution < 1.29 is 27.1 Å². The molecule has 10 heteroatoms. The molecule has 7 nitrogen and oxygen atoms in total. The van der Waals surface area contributed by atoms with Crippen LogP contribution in [0.5, 0.6) is 5.75 Å². The van der Waals surface area contributed by atoms with Crippen molar-refractivity contribution in [3.8, 4) is 5.75 Å². The number of hydrogen-bond donors (Lipinski definition) is 1. The number of hydrogen-bond acceptors (Lipinski definition) is 5. The number of benzene rings is 1. The van der Waals surface area contributed by atoms with Crippen LogP contribution in [0.25, 0.3) is 0 Å². The maximum absolute atomic E-state index is 13.0. The summed E-state index contributed by atoms with van der Waals surface area (Å²) in [5, 5.41) is 7.49. The minimum Gasteiger partial charge on any atom is -0.486 e. The molecule has 0 radical (unpaired) electrons. The highest BCUT2D eigenvalue weighted by molar-refractivity contribution is 5.80. The molecule has 3 aromatic rings. The molecule has 0 atom stereocenters. The van der Waals surface area contributed by atoms with Gasteiger partial charge in [-0.2, -0.15) is 23.4 Å². The quantitative estimate of drug-likeness (QED) is 0.345. The number of nitrogens with zero attached hydrogens (tertiary/aromatic N) is 3. The van der Waals surface area contributed by atoms with Gasteiger partial charge in [0.15, 0.2) is 5.69 Å². The first-order valence-corrected chi connectivity index (χ1v) is 10.9. The third-order valence-electron chi connectivity index (χ3n) is 5.29. The van der Waals surface area contributed by atoms with Crippen LogP contribution < -0.4 is 10.2 Å². The van der Waals surface area contributed by atoms with E-state index in [2.05, 4.69) is 21.7 Å².